The molecule has 0 aliphatic carbocycles. The van der Waals surface area contributed by atoms with Crippen LogP contribution in [0.25, 0.3) is 0 Å². The van der Waals surface area contributed by atoms with Gasteiger partial charge in [0.2, 0.25) is 15.9 Å². The van der Waals surface area contributed by atoms with E-state index in [1.807, 2.05) is 23.1 Å². The number of amides is 1. The van der Waals surface area contributed by atoms with E-state index in [1.165, 1.54) is 17.0 Å². The zero-order valence-corrected chi connectivity index (χ0v) is 18.2. The number of rotatable bonds is 7. The molecule has 0 unspecified atom stereocenters. The minimum absolute atomic E-state index is 0.0523. The molecule has 1 aromatic rings. The van der Waals surface area contributed by atoms with Gasteiger partial charge in [0.05, 0.1) is 11.9 Å². The fourth-order valence-corrected chi connectivity index (χ4v) is 4.71. The van der Waals surface area contributed by atoms with Gasteiger partial charge in [0, 0.05) is 26.1 Å². The first-order valence-corrected chi connectivity index (χ1v) is 11.9. The van der Waals surface area contributed by atoms with Crippen molar-refractivity contribution in [2.75, 3.05) is 30.2 Å². The Balaban J connectivity index is 2.36. The van der Waals surface area contributed by atoms with Crippen molar-refractivity contribution in [2.24, 2.45) is 0 Å². The fourth-order valence-electron chi connectivity index (χ4n) is 3.74. The number of nitrogens with zero attached hydrogens (tertiary/aromatic N) is 2. The van der Waals surface area contributed by atoms with Gasteiger partial charge in [-0.3, -0.25) is 9.10 Å². The van der Waals surface area contributed by atoms with Gasteiger partial charge in [0.25, 0.3) is 0 Å². The highest BCUT2D eigenvalue weighted by atomic mass is 32.2. The van der Waals surface area contributed by atoms with Crippen LogP contribution in [-0.4, -0.2) is 45.1 Å². The Morgan fingerprint density at radius 2 is 1.56 bits per heavy atom. The van der Waals surface area contributed by atoms with Gasteiger partial charge in [-0.1, -0.05) is 45.9 Å². The van der Waals surface area contributed by atoms with Crippen molar-refractivity contribution in [3.05, 3.63) is 29.3 Å². The van der Waals surface area contributed by atoms with E-state index in [9.17, 15) is 13.2 Å². The molecule has 0 N–H and O–H groups in total. The van der Waals surface area contributed by atoms with E-state index < -0.39 is 10.0 Å². The van der Waals surface area contributed by atoms with Crippen LogP contribution < -0.4 is 4.31 Å². The molecular formula is C21H34N2O3S. The lowest BCUT2D eigenvalue weighted by atomic mass is 9.92. The lowest BCUT2D eigenvalue weighted by Gasteiger charge is -2.31. The molecule has 0 bridgehead atoms. The van der Waals surface area contributed by atoms with Crippen LogP contribution in [0.4, 0.5) is 5.69 Å². The summed E-state index contributed by atoms with van der Waals surface area (Å²) in [6.45, 7) is 10.1. The van der Waals surface area contributed by atoms with Crippen molar-refractivity contribution < 1.29 is 13.2 Å². The van der Waals surface area contributed by atoms with Gasteiger partial charge in [-0.2, -0.15) is 0 Å². The Hall–Kier alpha value is -1.56. The van der Waals surface area contributed by atoms with E-state index in [4.69, 9.17) is 0 Å². The van der Waals surface area contributed by atoms with Crippen molar-refractivity contribution in [3.8, 4) is 0 Å². The molecule has 1 saturated heterocycles. The standard InChI is InChI=1S/C21H34N2O3S/c1-16(2)18-10-9-11-19(17(3)4)21(18)23(27(5,25)26)15-12-20(24)22-13-7-6-8-14-22/h9-11,16-17H,6-8,12-15H2,1-5H3. The van der Waals surface area contributed by atoms with Gasteiger partial charge < -0.3 is 4.90 Å². The summed E-state index contributed by atoms with van der Waals surface area (Å²) in [5, 5.41) is 0. The number of anilines is 1. The maximum Gasteiger partial charge on any atom is 0.232 e. The van der Waals surface area contributed by atoms with Crippen molar-refractivity contribution in [1.29, 1.82) is 0 Å². The van der Waals surface area contributed by atoms with Crippen molar-refractivity contribution >= 4 is 21.6 Å². The third kappa shape index (κ3) is 5.47. The van der Waals surface area contributed by atoms with Gasteiger partial charge in [0.1, 0.15) is 0 Å². The first-order valence-electron chi connectivity index (χ1n) is 10.0. The molecule has 1 aromatic carbocycles. The molecule has 0 spiro atoms. The van der Waals surface area contributed by atoms with Crippen molar-refractivity contribution in [1.82, 2.24) is 4.90 Å². The van der Waals surface area contributed by atoms with E-state index in [0.29, 0.717) is 0 Å². The molecule has 0 atom stereocenters. The third-order valence-electron chi connectivity index (χ3n) is 5.23. The molecule has 1 aliphatic heterocycles. The number of para-hydroxylation sites is 1. The summed E-state index contributed by atoms with van der Waals surface area (Å²) < 4.78 is 26.8. The molecule has 152 valence electrons. The first kappa shape index (κ1) is 21.7. The van der Waals surface area contributed by atoms with Crippen LogP contribution in [-0.2, 0) is 14.8 Å². The fraction of sp³-hybridized carbons (Fsp3) is 0.667. The highest BCUT2D eigenvalue weighted by Gasteiger charge is 2.27. The summed E-state index contributed by atoms with van der Waals surface area (Å²) in [4.78, 5) is 14.5. The quantitative estimate of drug-likeness (QED) is 0.699. The molecule has 1 fully saturated rings. The van der Waals surface area contributed by atoms with Gasteiger partial charge in [-0.15, -0.1) is 0 Å². The summed E-state index contributed by atoms with van der Waals surface area (Å²) in [7, 11) is -3.49. The number of sulfonamides is 1. The van der Waals surface area contributed by atoms with E-state index in [2.05, 4.69) is 27.7 Å². The molecule has 2 rings (SSSR count). The number of benzene rings is 1. The van der Waals surface area contributed by atoms with Crippen LogP contribution in [0.5, 0.6) is 0 Å². The average Bonchev–Trinajstić information content (AvgIpc) is 2.61. The topological polar surface area (TPSA) is 57.7 Å². The molecule has 0 radical (unpaired) electrons. The zero-order chi connectivity index (χ0) is 20.2. The lowest BCUT2D eigenvalue weighted by molar-refractivity contribution is -0.131. The predicted molar refractivity (Wildman–Crippen MR) is 112 cm³/mol. The monoisotopic (exact) mass is 394 g/mol. The van der Waals surface area contributed by atoms with E-state index >= 15 is 0 Å². The van der Waals surface area contributed by atoms with Crippen LogP contribution in [0.3, 0.4) is 0 Å². The number of likely N-dealkylation sites (tertiary alicyclic amines) is 1. The maximum atomic E-state index is 12.7. The van der Waals surface area contributed by atoms with Crippen molar-refractivity contribution in [2.45, 2.75) is 65.2 Å². The minimum Gasteiger partial charge on any atom is -0.343 e. The molecule has 6 heteroatoms. The summed E-state index contributed by atoms with van der Waals surface area (Å²) in [6.07, 6.45) is 4.69. The molecule has 1 amide bonds. The second-order valence-corrected chi connectivity index (χ2v) is 10.0. The molecular weight excluding hydrogens is 360 g/mol. The first-order chi connectivity index (χ1) is 12.6. The normalized spacial score (nSPS) is 15.4. The Bertz CT molecular complexity index is 724. The highest BCUT2D eigenvalue weighted by Crippen LogP contribution is 2.36. The number of carbonyl (C=O) groups excluding carboxylic acids is 1. The SMILES string of the molecule is CC(C)c1cccc(C(C)C)c1N(CCC(=O)N1CCCCC1)S(C)(=O)=O. The zero-order valence-electron chi connectivity index (χ0n) is 17.4. The second-order valence-electron chi connectivity index (χ2n) is 8.12. The number of hydrogen-bond acceptors (Lipinski definition) is 3. The largest absolute Gasteiger partial charge is 0.343 e. The molecule has 1 aliphatic rings. The number of hydrogen-bond donors (Lipinski definition) is 0. The Morgan fingerprint density at radius 1 is 1.04 bits per heavy atom. The summed E-state index contributed by atoms with van der Waals surface area (Å²) in [5.41, 5.74) is 2.78. The molecule has 1 heterocycles. The van der Waals surface area contributed by atoms with E-state index in [1.54, 1.807) is 0 Å². The molecule has 5 nitrogen and oxygen atoms in total. The van der Waals surface area contributed by atoms with Gasteiger partial charge in [-0.25, -0.2) is 8.42 Å². The Labute approximate surface area is 164 Å². The summed E-state index contributed by atoms with van der Waals surface area (Å²) in [5.74, 6) is 0.443. The van der Waals surface area contributed by atoms with Crippen LogP contribution >= 0.6 is 0 Å². The van der Waals surface area contributed by atoms with E-state index in [-0.39, 0.29) is 30.7 Å². The summed E-state index contributed by atoms with van der Waals surface area (Å²) >= 11 is 0. The highest BCUT2D eigenvalue weighted by molar-refractivity contribution is 7.92. The van der Waals surface area contributed by atoms with Crippen LogP contribution in [0.2, 0.25) is 0 Å². The summed E-state index contributed by atoms with van der Waals surface area (Å²) in [6, 6.07) is 5.99. The maximum absolute atomic E-state index is 12.7. The van der Waals surface area contributed by atoms with Crippen LogP contribution in [0.15, 0.2) is 18.2 Å². The second kappa shape index (κ2) is 9.09. The predicted octanol–water partition coefficient (Wildman–Crippen LogP) is 4.10. The third-order valence-corrected chi connectivity index (χ3v) is 6.40. The smallest absolute Gasteiger partial charge is 0.232 e. The molecule has 27 heavy (non-hydrogen) atoms. The number of carbonyl (C=O) groups is 1. The molecule has 0 saturated carbocycles. The van der Waals surface area contributed by atoms with Crippen LogP contribution in [0, 0.1) is 0 Å². The Morgan fingerprint density at radius 3 is 2.00 bits per heavy atom. The lowest BCUT2D eigenvalue weighted by Crippen LogP contribution is -2.39. The van der Waals surface area contributed by atoms with Gasteiger partial charge in [-0.05, 0) is 42.2 Å². The van der Waals surface area contributed by atoms with Crippen LogP contribution in [0.1, 0.15) is 76.3 Å². The van der Waals surface area contributed by atoms with Gasteiger partial charge >= 0.3 is 0 Å². The Kier molecular flexibility index (Phi) is 7.32. The van der Waals surface area contributed by atoms with E-state index in [0.717, 1.165) is 42.7 Å². The van der Waals surface area contributed by atoms with Gasteiger partial charge in [0.15, 0.2) is 0 Å². The average molecular weight is 395 g/mol. The van der Waals surface area contributed by atoms with Crippen molar-refractivity contribution in [3.63, 3.8) is 0 Å². The molecule has 0 aromatic heterocycles. The minimum atomic E-state index is -3.49. The number of piperidine rings is 1.